The smallest absolute Gasteiger partial charge is 0.235 e. The van der Waals surface area contributed by atoms with Gasteiger partial charge in [-0.25, -0.2) is 9.97 Å². The molecule has 1 aromatic heterocycles. The highest BCUT2D eigenvalue weighted by molar-refractivity contribution is 14.1. The van der Waals surface area contributed by atoms with Crippen molar-refractivity contribution in [2.45, 2.75) is 13.8 Å². The lowest BCUT2D eigenvalue weighted by atomic mass is 10.1. The van der Waals surface area contributed by atoms with Gasteiger partial charge >= 0.3 is 0 Å². The van der Waals surface area contributed by atoms with Gasteiger partial charge in [0.05, 0.1) is 3.57 Å². The van der Waals surface area contributed by atoms with E-state index < -0.39 is 0 Å². The minimum Gasteiger partial charge on any atom is -0.438 e. The quantitative estimate of drug-likeness (QED) is 0.701. The van der Waals surface area contributed by atoms with E-state index in [1.807, 2.05) is 26.0 Å². The summed E-state index contributed by atoms with van der Waals surface area (Å²) in [7, 11) is 0. The predicted octanol–water partition coefficient (Wildman–Crippen LogP) is 4.25. The van der Waals surface area contributed by atoms with E-state index in [0.29, 0.717) is 5.88 Å². The summed E-state index contributed by atoms with van der Waals surface area (Å²) in [5, 5.41) is 0. The van der Waals surface area contributed by atoms with E-state index in [9.17, 15) is 0 Å². The monoisotopic (exact) mass is 404 g/mol. The molecule has 2 aromatic rings. The number of benzene rings is 1. The summed E-state index contributed by atoms with van der Waals surface area (Å²) in [6, 6.07) is 3.96. The zero-order chi connectivity index (χ0) is 12.4. The number of ether oxygens (including phenoxy) is 1. The maximum atomic E-state index is 5.75. The van der Waals surface area contributed by atoms with Crippen LogP contribution in [0.5, 0.6) is 11.6 Å². The molecule has 0 radical (unpaired) electrons. The summed E-state index contributed by atoms with van der Waals surface area (Å²) in [6.45, 7) is 4.07. The number of rotatable bonds is 2. The fraction of sp³-hybridized carbons (Fsp3) is 0.167. The van der Waals surface area contributed by atoms with E-state index in [1.165, 1.54) is 6.33 Å². The van der Waals surface area contributed by atoms with E-state index >= 15 is 0 Å². The third kappa shape index (κ3) is 2.95. The van der Waals surface area contributed by atoms with Crippen LogP contribution in [0.1, 0.15) is 11.1 Å². The summed E-state index contributed by atoms with van der Waals surface area (Å²) in [4.78, 5) is 8.03. The van der Waals surface area contributed by atoms with Crippen molar-refractivity contribution in [3.63, 3.8) is 0 Å². The molecule has 3 nitrogen and oxygen atoms in total. The van der Waals surface area contributed by atoms with E-state index in [2.05, 4.69) is 48.5 Å². The molecule has 0 saturated heterocycles. The lowest BCUT2D eigenvalue weighted by Crippen LogP contribution is -1.93. The molecular weight excluding hydrogens is 395 g/mol. The van der Waals surface area contributed by atoms with Crippen LogP contribution < -0.4 is 4.74 Å². The molecule has 17 heavy (non-hydrogen) atoms. The number of hydrogen-bond donors (Lipinski definition) is 0. The number of nitrogens with zero attached hydrogens (tertiary/aromatic N) is 2. The molecule has 0 aliphatic carbocycles. The van der Waals surface area contributed by atoms with Crippen LogP contribution >= 0.6 is 38.5 Å². The first-order valence-electron chi connectivity index (χ1n) is 4.98. The third-order valence-corrected chi connectivity index (χ3v) is 4.25. The van der Waals surface area contributed by atoms with Gasteiger partial charge in [-0.3, -0.25) is 0 Å². The Bertz CT molecular complexity index is 537. The summed E-state index contributed by atoms with van der Waals surface area (Å²) in [5.74, 6) is 1.38. The van der Waals surface area contributed by atoms with E-state index in [0.717, 1.165) is 24.9 Å². The van der Waals surface area contributed by atoms with Crippen LogP contribution in [-0.2, 0) is 0 Å². The fourth-order valence-corrected chi connectivity index (χ4v) is 2.09. The normalized spacial score (nSPS) is 10.4. The molecule has 0 unspecified atom stereocenters. The first-order chi connectivity index (χ1) is 8.08. The van der Waals surface area contributed by atoms with Crippen molar-refractivity contribution in [3.8, 4) is 11.6 Å². The molecule has 0 aliphatic rings. The summed E-state index contributed by atoms with van der Waals surface area (Å²) in [6.07, 6.45) is 3.21. The highest BCUT2D eigenvalue weighted by atomic mass is 127. The van der Waals surface area contributed by atoms with Crippen LogP contribution in [-0.4, -0.2) is 9.97 Å². The summed E-state index contributed by atoms with van der Waals surface area (Å²) < 4.78 is 7.75. The third-order valence-electron chi connectivity index (χ3n) is 2.26. The lowest BCUT2D eigenvalue weighted by Gasteiger charge is -2.09. The SMILES string of the molecule is Cc1cc(Oc2ncncc2I)cc(C)c1Br. The van der Waals surface area contributed by atoms with Crippen LogP contribution in [0.4, 0.5) is 0 Å². The minimum absolute atomic E-state index is 0.585. The Kier molecular flexibility index (Phi) is 3.98. The maximum Gasteiger partial charge on any atom is 0.235 e. The number of hydrogen-bond acceptors (Lipinski definition) is 3. The van der Waals surface area contributed by atoms with Gasteiger partial charge in [-0.1, -0.05) is 15.9 Å². The Morgan fingerprint density at radius 2 is 1.88 bits per heavy atom. The van der Waals surface area contributed by atoms with Gasteiger partial charge < -0.3 is 4.74 Å². The Hall–Kier alpha value is -0.690. The summed E-state index contributed by atoms with van der Waals surface area (Å²) >= 11 is 5.68. The van der Waals surface area contributed by atoms with E-state index in [4.69, 9.17) is 4.74 Å². The Labute approximate surface area is 122 Å². The van der Waals surface area contributed by atoms with Crippen molar-refractivity contribution in [1.29, 1.82) is 0 Å². The molecule has 0 aliphatic heterocycles. The molecule has 1 heterocycles. The second-order valence-electron chi connectivity index (χ2n) is 3.65. The zero-order valence-electron chi connectivity index (χ0n) is 9.37. The molecule has 1 aromatic carbocycles. The fourth-order valence-electron chi connectivity index (χ4n) is 1.45. The Balaban J connectivity index is 2.34. The Morgan fingerprint density at radius 1 is 1.24 bits per heavy atom. The van der Waals surface area contributed by atoms with E-state index in [1.54, 1.807) is 6.20 Å². The van der Waals surface area contributed by atoms with Crippen molar-refractivity contribution in [2.75, 3.05) is 0 Å². The molecule has 2 rings (SSSR count). The van der Waals surface area contributed by atoms with Crippen LogP contribution in [0.15, 0.2) is 29.1 Å². The standard InChI is InChI=1S/C12H10BrIN2O/c1-7-3-9(4-8(2)11(7)13)17-12-10(14)5-15-6-16-12/h3-6H,1-2H3. The molecule has 0 spiro atoms. The van der Waals surface area contributed by atoms with Crippen molar-refractivity contribution in [1.82, 2.24) is 9.97 Å². The van der Waals surface area contributed by atoms with Gasteiger partial charge in [0.15, 0.2) is 0 Å². The molecule has 88 valence electrons. The van der Waals surface area contributed by atoms with Crippen LogP contribution in [0.25, 0.3) is 0 Å². The van der Waals surface area contributed by atoms with Gasteiger partial charge in [-0.15, -0.1) is 0 Å². The minimum atomic E-state index is 0.585. The maximum absolute atomic E-state index is 5.75. The average Bonchev–Trinajstić information content (AvgIpc) is 2.29. The molecule has 0 N–H and O–H groups in total. The van der Waals surface area contributed by atoms with Crippen LogP contribution in [0, 0.1) is 17.4 Å². The van der Waals surface area contributed by atoms with Crippen molar-refractivity contribution >= 4 is 38.5 Å². The van der Waals surface area contributed by atoms with Gasteiger partial charge in [-0.05, 0) is 59.7 Å². The Morgan fingerprint density at radius 3 is 2.47 bits per heavy atom. The largest absolute Gasteiger partial charge is 0.438 e. The number of halogens is 2. The average molecular weight is 405 g/mol. The first-order valence-corrected chi connectivity index (χ1v) is 6.85. The molecule has 0 atom stereocenters. The molecule has 0 bridgehead atoms. The summed E-state index contributed by atoms with van der Waals surface area (Å²) in [5.41, 5.74) is 2.29. The lowest BCUT2D eigenvalue weighted by molar-refractivity contribution is 0.456. The molecule has 0 amide bonds. The topological polar surface area (TPSA) is 35.0 Å². The van der Waals surface area contributed by atoms with Gasteiger partial charge in [-0.2, -0.15) is 0 Å². The van der Waals surface area contributed by atoms with Gasteiger partial charge in [0.2, 0.25) is 5.88 Å². The van der Waals surface area contributed by atoms with Gasteiger partial charge in [0, 0.05) is 10.7 Å². The highest BCUT2D eigenvalue weighted by Gasteiger charge is 2.07. The van der Waals surface area contributed by atoms with Crippen molar-refractivity contribution in [2.24, 2.45) is 0 Å². The molecule has 5 heteroatoms. The highest BCUT2D eigenvalue weighted by Crippen LogP contribution is 2.29. The number of aryl methyl sites for hydroxylation is 2. The van der Waals surface area contributed by atoms with Gasteiger partial charge in [0.1, 0.15) is 12.1 Å². The van der Waals surface area contributed by atoms with Gasteiger partial charge in [0.25, 0.3) is 0 Å². The van der Waals surface area contributed by atoms with Crippen molar-refractivity contribution in [3.05, 3.63) is 43.8 Å². The number of aromatic nitrogens is 2. The van der Waals surface area contributed by atoms with E-state index in [-0.39, 0.29) is 0 Å². The second kappa shape index (κ2) is 5.30. The molecule has 0 fully saturated rings. The second-order valence-corrected chi connectivity index (χ2v) is 5.60. The zero-order valence-corrected chi connectivity index (χ0v) is 13.1. The predicted molar refractivity (Wildman–Crippen MR) is 78.4 cm³/mol. The first kappa shape index (κ1) is 12.8. The molecular formula is C12H10BrIN2O. The van der Waals surface area contributed by atoms with Crippen LogP contribution in [0.2, 0.25) is 0 Å². The molecule has 0 saturated carbocycles. The van der Waals surface area contributed by atoms with Crippen molar-refractivity contribution < 1.29 is 4.74 Å². The van der Waals surface area contributed by atoms with Crippen LogP contribution in [0.3, 0.4) is 0 Å².